The Hall–Kier alpha value is -1.02. The van der Waals surface area contributed by atoms with Crippen LogP contribution in [0.4, 0.5) is 0 Å². The number of hydrogen-bond donors (Lipinski definition) is 2. The van der Waals surface area contributed by atoms with E-state index in [1.165, 1.54) is 6.20 Å². The summed E-state index contributed by atoms with van der Waals surface area (Å²) in [4.78, 5) is 0. The van der Waals surface area contributed by atoms with Gasteiger partial charge in [-0.2, -0.15) is 0 Å². The Morgan fingerprint density at radius 3 is 2.60 bits per heavy atom. The third-order valence-corrected chi connectivity index (χ3v) is 1.08. The van der Waals surface area contributed by atoms with Gasteiger partial charge in [-0.05, 0) is 30.8 Å². The zero-order valence-electron chi connectivity index (χ0n) is 6.09. The number of hydrogen-bond acceptors (Lipinski definition) is 2. The van der Waals surface area contributed by atoms with Crippen LogP contribution in [0.5, 0.6) is 0 Å². The van der Waals surface area contributed by atoms with E-state index in [1.807, 2.05) is 12.2 Å². The molecule has 56 valence electrons. The Kier molecular flexibility index (Phi) is 5.48. The van der Waals surface area contributed by atoms with E-state index in [0.29, 0.717) is 6.54 Å². The lowest BCUT2D eigenvalue weighted by molar-refractivity contribution is 0.973. The van der Waals surface area contributed by atoms with Crippen molar-refractivity contribution < 1.29 is 0 Å². The average Bonchev–Trinajstić information content (AvgIpc) is 1.90. The van der Waals surface area contributed by atoms with Crippen LogP contribution in [-0.4, -0.2) is 6.54 Å². The average molecular weight is 138 g/mol. The second kappa shape index (κ2) is 6.11. The number of nitrogens with two attached hydrogens (primary N) is 2. The molecule has 0 aromatic rings. The molecule has 0 aromatic heterocycles. The van der Waals surface area contributed by atoms with Gasteiger partial charge in [0.05, 0.1) is 0 Å². The monoisotopic (exact) mass is 138 g/mol. The molecular formula is C8H14N2. The van der Waals surface area contributed by atoms with E-state index >= 15 is 0 Å². The highest BCUT2D eigenvalue weighted by Crippen LogP contribution is 2.00. The molecule has 0 aliphatic carbocycles. The van der Waals surface area contributed by atoms with E-state index in [4.69, 9.17) is 11.5 Å². The lowest BCUT2D eigenvalue weighted by Crippen LogP contribution is -1.99. The first kappa shape index (κ1) is 8.98. The molecule has 0 aliphatic heterocycles. The minimum absolute atomic E-state index is 0.643. The van der Waals surface area contributed by atoms with Crippen LogP contribution in [0.15, 0.2) is 36.6 Å². The van der Waals surface area contributed by atoms with Crippen molar-refractivity contribution in [1.29, 1.82) is 0 Å². The summed E-state index contributed by atoms with van der Waals surface area (Å²) in [6.45, 7) is 4.22. The van der Waals surface area contributed by atoms with Gasteiger partial charge in [0.15, 0.2) is 0 Å². The molecule has 2 nitrogen and oxygen atoms in total. The molecule has 0 aromatic carbocycles. The van der Waals surface area contributed by atoms with Crippen LogP contribution in [0.3, 0.4) is 0 Å². The van der Waals surface area contributed by atoms with Gasteiger partial charge in [-0.1, -0.05) is 18.7 Å². The predicted molar refractivity (Wildman–Crippen MR) is 45.3 cm³/mol. The maximum atomic E-state index is 5.34. The molecule has 0 atom stereocenters. The van der Waals surface area contributed by atoms with Crippen LogP contribution in [0.1, 0.15) is 6.42 Å². The van der Waals surface area contributed by atoms with Crippen LogP contribution in [-0.2, 0) is 0 Å². The van der Waals surface area contributed by atoms with Gasteiger partial charge in [0.1, 0.15) is 0 Å². The SMILES string of the molecule is C=C/C=C(\C=C/N)CCN. The molecule has 0 amide bonds. The van der Waals surface area contributed by atoms with Crippen molar-refractivity contribution in [1.82, 2.24) is 0 Å². The topological polar surface area (TPSA) is 52.0 Å². The maximum Gasteiger partial charge on any atom is -0.00367 e. The third-order valence-electron chi connectivity index (χ3n) is 1.08. The van der Waals surface area contributed by atoms with Crippen LogP contribution < -0.4 is 11.5 Å². The van der Waals surface area contributed by atoms with E-state index in [2.05, 4.69) is 6.58 Å². The second-order valence-corrected chi connectivity index (χ2v) is 1.88. The Morgan fingerprint density at radius 2 is 2.20 bits per heavy atom. The van der Waals surface area contributed by atoms with Gasteiger partial charge in [0.2, 0.25) is 0 Å². The summed E-state index contributed by atoms with van der Waals surface area (Å²) < 4.78 is 0. The second-order valence-electron chi connectivity index (χ2n) is 1.88. The van der Waals surface area contributed by atoms with Gasteiger partial charge in [0.25, 0.3) is 0 Å². The fourth-order valence-electron chi connectivity index (χ4n) is 0.664. The van der Waals surface area contributed by atoms with Crippen LogP contribution in [0.2, 0.25) is 0 Å². The molecule has 0 spiro atoms. The third kappa shape index (κ3) is 3.92. The molecule has 0 radical (unpaired) electrons. The highest BCUT2D eigenvalue weighted by atomic mass is 14.5. The summed E-state index contributed by atoms with van der Waals surface area (Å²) in [5, 5.41) is 0. The molecule has 0 unspecified atom stereocenters. The summed E-state index contributed by atoms with van der Waals surface area (Å²) >= 11 is 0. The minimum Gasteiger partial charge on any atom is -0.405 e. The lowest BCUT2D eigenvalue weighted by atomic mass is 10.2. The quantitative estimate of drug-likeness (QED) is 0.567. The van der Waals surface area contributed by atoms with E-state index < -0.39 is 0 Å². The molecule has 0 saturated heterocycles. The summed E-state index contributed by atoms with van der Waals surface area (Å²) in [6, 6.07) is 0. The normalized spacial score (nSPS) is 12.3. The molecule has 0 rings (SSSR count). The smallest absolute Gasteiger partial charge is 0.00367 e. The van der Waals surface area contributed by atoms with Gasteiger partial charge >= 0.3 is 0 Å². The fourth-order valence-corrected chi connectivity index (χ4v) is 0.664. The number of allylic oxidation sites excluding steroid dienone is 3. The molecule has 0 saturated carbocycles. The van der Waals surface area contributed by atoms with Crippen molar-refractivity contribution in [2.75, 3.05) is 6.54 Å². The standard InChI is InChI=1S/C8H14N2/c1-2-3-8(4-6-9)5-7-10/h2-4,6H,1,5,7,9-10H2/b6-4-,8-3+. The molecule has 0 fully saturated rings. The van der Waals surface area contributed by atoms with Gasteiger partial charge in [0, 0.05) is 0 Å². The van der Waals surface area contributed by atoms with E-state index in [0.717, 1.165) is 12.0 Å². The lowest BCUT2D eigenvalue weighted by Gasteiger charge is -1.95. The Balaban J connectivity index is 3.96. The summed E-state index contributed by atoms with van der Waals surface area (Å²) in [5.74, 6) is 0. The molecule has 2 heteroatoms. The first-order chi connectivity index (χ1) is 4.85. The summed E-state index contributed by atoms with van der Waals surface area (Å²) in [7, 11) is 0. The maximum absolute atomic E-state index is 5.34. The first-order valence-corrected chi connectivity index (χ1v) is 3.25. The molecule has 0 bridgehead atoms. The van der Waals surface area contributed by atoms with Gasteiger partial charge in [-0.25, -0.2) is 0 Å². The van der Waals surface area contributed by atoms with Crippen LogP contribution >= 0.6 is 0 Å². The van der Waals surface area contributed by atoms with Crippen molar-refractivity contribution in [3.63, 3.8) is 0 Å². The molecule has 0 aliphatic rings. The molecule has 10 heavy (non-hydrogen) atoms. The predicted octanol–water partition coefficient (Wildman–Crippen LogP) is 0.920. The van der Waals surface area contributed by atoms with Gasteiger partial charge < -0.3 is 11.5 Å². The first-order valence-electron chi connectivity index (χ1n) is 3.25. The van der Waals surface area contributed by atoms with Crippen molar-refractivity contribution in [3.05, 3.63) is 36.6 Å². The highest BCUT2D eigenvalue weighted by Gasteiger charge is 1.86. The van der Waals surface area contributed by atoms with Gasteiger partial charge in [-0.3, -0.25) is 0 Å². The number of rotatable bonds is 4. The van der Waals surface area contributed by atoms with E-state index in [1.54, 1.807) is 6.08 Å². The Labute approximate surface area is 61.9 Å². The molecular weight excluding hydrogens is 124 g/mol. The Morgan fingerprint density at radius 1 is 1.50 bits per heavy atom. The minimum atomic E-state index is 0.643. The zero-order chi connectivity index (χ0) is 7.82. The van der Waals surface area contributed by atoms with Gasteiger partial charge in [-0.15, -0.1) is 0 Å². The molecule has 4 N–H and O–H groups in total. The summed E-state index contributed by atoms with van der Waals surface area (Å²) in [5.41, 5.74) is 11.6. The Bertz CT molecular complexity index is 145. The largest absolute Gasteiger partial charge is 0.405 e. The van der Waals surface area contributed by atoms with Crippen molar-refractivity contribution in [3.8, 4) is 0 Å². The fraction of sp³-hybridized carbons (Fsp3) is 0.250. The van der Waals surface area contributed by atoms with Crippen molar-refractivity contribution in [2.45, 2.75) is 6.42 Å². The highest BCUT2D eigenvalue weighted by molar-refractivity contribution is 5.22. The van der Waals surface area contributed by atoms with E-state index in [9.17, 15) is 0 Å². The van der Waals surface area contributed by atoms with Crippen LogP contribution in [0, 0.1) is 0 Å². The zero-order valence-corrected chi connectivity index (χ0v) is 6.09. The van der Waals surface area contributed by atoms with Crippen LogP contribution in [0.25, 0.3) is 0 Å². The summed E-state index contributed by atoms with van der Waals surface area (Å²) in [6.07, 6.45) is 7.81. The van der Waals surface area contributed by atoms with Crippen molar-refractivity contribution in [2.24, 2.45) is 11.5 Å². The van der Waals surface area contributed by atoms with E-state index in [-0.39, 0.29) is 0 Å². The molecule has 0 heterocycles. The van der Waals surface area contributed by atoms with Crippen molar-refractivity contribution >= 4 is 0 Å².